The van der Waals surface area contributed by atoms with Gasteiger partial charge in [-0.05, 0) is 37.6 Å². The van der Waals surface area contributed by atoms with E-state index in [4.69, 9.17) is 16.3 Å². The maximum Gasteiger partial charge on any atom is 0.307 e. The second-order valence-electron chi connectivity index (χ2n) is 5.72. The Morgan fingerprint density at radius 1 is 1.28 bits per heavy atom. The molecule has 0 unspecified atom stereocenters. The number of carbonyl (C=O) groups is 2. The first-order valence-corrected chi connectivity index (χ1v) is 8.78. The smallest absolute Gasteiger partial charge is 0.307 e. The van der Waals surface area contributed by atoms with Gasteiger partial charge in [-0.25, -0.2) is 0 Å². The molecule has 0 atom stereocenters. The molecule has 0 fully saturated rings. The van der Waals surface area contributed by atoms with Crippen molar-refractivity contribution in [3.8, 4) is 5.75 Å². The Balaban J connectivity index is 2.30. The molecular formula is C18H16ClNO4S. The van der Waals surface area contributed by atoms with E-state index in [1.54, 1.807) is 24.4 Å². The summed E-state index contributed by atoms with van der Waals surface area (Å²) in [6.45, 7) is 3.68. The fourth-order valence-corrected chi connectivity index (χ4v) is 3.87. The van der Waals surface area contributed by atoms with Crippen molar-refractivity contribution < 1.29 is 19.4 Å². The zero-order valence-electron chi connectivity index (χ0n) is 13.9. The molecule has 0 amide bonds. The van der Waals surface area contributed by atoms with Gasteiger partial charge in [0.1, 0.15) is 5.75 Å². The number of carboxylic acid groups (broad SMARTS) is 1. The van der Waals surface area contributed by atoms with Gasteiger partial charge in [0.15, 0.2) is 0 Å². The van der Waals surface area contributed by atoms with Gasteiger partial charge < -0.3 is 9.84 Å². The van der Waals surface area contributed by atoms with Crippen LogP contribution in [-0.2, 0) is 11.2 Å². The quantitative estimate of drug-likeness (QED) is 0.736. The molecule has 0 aliphatic rings. The van der Waals surface area contributed by atoms with Gasteiger partial charge >= 0.3 is 5.97 Å². The van der Waals surface area contributed by atoms with Crippen LogP contribution in [0.2, 0.25) is 5.02 Å². The summed E-state index contributed by atoms with van der Waals surface area (Å²) in [7, 11) is 1.49. The van der Waals surface area contributed by atoms with Crippen LogP contribution in [0.4, 0.5) is 0 Å². The third kappa shape index (κ3) is 3.03. The van der Waals surface area contributed by atoms with Gasteiger partial charge in [-0.3, -0.25) is 14.2 Å². The number of rotatable bonds is 4. The zero-order chi connectivity index (χ0) is 18.3. The Kier molecular flexibility index (Phi) is 4.58. The van der Waals surface area contributed by atoms with Crippen molar-refractivity contribution in [2.45, 2.75) is 20.3 Å². The monoisotopic (exact) mass is 377 g/mol. The third-order valence-electron chi connectivity index (χ3n) is 4.12. The number of carbonyl (C=O) groups excluding carboxylic acids is 1. The number of thiophene rings is 1. The highest BCUT2D eigenvalue weighted by atomic mass is 35.5. The van der Waals surface area contributed by atoms with Crippen LogP contribution in [0, 0.1) is 13.8 Å². The van der Waals surface area contributed by atoms with Crippen LogP contribution in [0.25, 0.3) is 10.9 Å². The van der Waals surface area contributed by atoms with Crippen molar-refractivity contribution in [2.75, 3.05) is 7.11 Å². The molecule has 0 saturated carbocycles. The maximum atomic E-state index is 13.0. The van der Waals surface area contributed by atoms with E-state index in [2.05, 4.69) is 0 Å². The number of methoxy groups -OCH3 is 1. The molecule has 1 N–H and O–H groups in total. The van der Waals surface area contributed by atoms with Gasteiger partial charge in [-0.15, -0.1) is 11.3 Å². The number of ether oxygens (including phenoxy) is 1. The standard InChI is InChI=1S/C18H16ClNO4S/c1-9-4-11(8-25-9)18(23)20-10(2)12(6-17(21)22)13-5-16(24-3)14(19)7-15(13)20/h4-5,7-8H,6H2,1-3H3,(H,21,22). The van der Waals surface area contributed by atoms with Gasteiger partial charge in [-0.2, -0.15) is 0 Å². The summed E-state index contributed by atoms with van der Waals surface area (Å²) in [5, 5.41) is 12.1. The molecule has 3 rings (SSSR count). The maximum absolute atomic E-state index is 13.0. The number of fused-ring (bicyclic) bond motifs is 1. The van der Waals surface area contributed by atoms with Crippen molar-refractivity contribution in [3.63, 3.8) is 0 Å². The highest BCUT2D eigenvalue weighted by Gasteiger charge is 2.23. The van der Waals surface area contributed by atoms with Gasteiger partial charge in [0.25, 0.3) is 5.91 Å². The van der Waals surface area contributed by atoms with Gasteiger partial charge in [-0.1, -0.05) is 11.6 Å². The van der Waals surface area contributed by atoms with Crippen LogP contribution in [0.1, 0.15) is 26.5 Å². The number of hydrogen-bond donors (Lipinski definition) is 1. The molecule has 7 heteroatoms. The van der Waals surface area contributed by atoms with Crippen LogP contribution in [-0.4, -0.2) is 28.7 Å². The van der Waals surface area contributed by atoms with E-state index >= 15 is 0 Å². The highest BCUT2D eigenvalue weighted by Crippen LogP contribution is 2.35. The lowest BCUT2D eigenvalue weighted by Crippen LogP contribution is -2.13. The second-order valence-corrected chi connectivity index (χ2v) is 7.25. The lowest BCUT2D eigenvalue weighted by Gasteiger charge is -2.07. The summed E-state index contributed by atoms with van der Waals surface area (Å²) < 4.78 is 6.77. The first-order valence-electron chi connectivity index (χ1n) is 7.52. The number of hydrogen-bond acceptors (Lipinski definition) is 4. The number of carboxylic acids is 1. The van der Waals surface area contributed by atoms with Crippen molar-refractivity contribution in [1.29, 1.82) is 0 Å². The second kappa shape index (κ2) is 6.54. The molecule has 130 valence electrons. The van der Waals surface area contributed by atoms with Crippen molar-refractivity contribution in [3.05, 3.63) is 50.3 Å². The topological polar surface area (TPSA) is 68.5 Å². The Morgan fingerprint density at radius 2 is 2.00 bits per heavy atom. The SMILES string of the molecule is COc1cc2c(CC(=O)O)c(C)n(C(=O)c3csc(C)c3)c2cc1Cl. The average molecular weight is 378 g/mol. The minimum atomic E-state index is -0.963. The summed E-state index contributed by atoms with van der Waals surface area (Å²) in [5.41, 5.74) is 2.32. The van der Waals surface area contributed by atoms with E-state index in [1.165, 1.54) is 23.0 Å². The van der Waals surface area contributed by atoms with Crippen molar-refractivity contribution in [2.24, 2.45) is 0 Å². The lowest BCUT2D eigenvalue weighted by atomic mass is 10.1. The fourth-order valence-electron chi connectivity index (χ4n) is 2.96. The largest absolute Gasteiger partial charge is 0.495 e. The third-order valence-corrected chi connectivity index (χ3v) is 5.27. The minimum Gasteiger partial charge on any atom is -0.495 e. The molecule has 0 spiro atoms. The van der Waals surface area contributed by atoms with E-state index < -0.39 is 5.97 Å². The molecule has 3 aromatic rings. The van der Waals surface area contributed by atoms with Gasteiger partial charge in [0.05, 0.1) is 29.6 Å². The van der Waals surface area contributed by atoms with Gasteiger partial charge in [0, 0.05) is 21.3 Å². The number of halogens is 1. The Labute approximate surface area is 153 Å². The van der Waals surface area contributed by atoms with E-state index in [9.17, 15) is 14.7 Å². The van der Waals surface area contributed by atoms with Crippen LogP contribution in [0.15, 0.2) is 23.6 Å². The minimum absolute atomic E-state index is 0.184. The molecule has 5 nitrogen and oxygen atoms in total. The van der Waals surface area contributed by atoms with Crippen LogP contribution in [0.5, 0.6) is 5.75 Å². The molecule has 0 bridgehead atoms. The molecule has 25 heavy (non-hydrogen) atoms. The summed E-state index contributed by atoms with van der Waals surface area (Å²) in [6, 6.07) is 5.15. The number of aliphatic carboxylic acids is 1. The summed E-state index contributed by atoms with van der Waals surface area (Å²) in [6.07, 6.45) is -0.184. The van der Waals surface area contributed by atoms with E-state index in [0.29, 0.717) is 38.5 Å². The highest BCUT2D eigenvalue weighted by molar-refractivity contribution is 7.10. The molecule has 0 aliphatic heterocycles. The number of aromatic nitrogens is 1. The molecular weight excluding hydrogens is 362 g/mol. The Hall–Kier alpha value is -2.31. The lowest BCUT2D eigenvalue weighted by molar-refractivity contribution is -0.136. The zero-order valence-corrected chi connectivity index (χ0v) is 15.5. The number of benzene rings is 1. The molecule has 2 heterocycles. The van der Waals surface area contributed by atoms with Crippen molar-refractivity contribution in [1.82, 2.24) is 4.57 Å². The average Bonchev–Trinajstić information content (AvgIpc) is 3.08. The van der Waals surface area contributed by atoms with E-state index in [-0.39, 0.29) is 12.3 Å². The summed E-state index contributed by atoms with van der Waals surface area (Å²) >= 11 is 7.72. The van der Waals surface area contributed by atoms with Crippen molar-refractivity contribution >= 4 is 45.7 Å². The van der Waals surface area contributed by atoms with E-state index in [1.807, 2.05) is 13.0 Å². The first kappa shape index (κ1) is 17.5. The molecule has 0 aliphatic carbocycles. The fraction of sp³-hybridized carbons (Fsp3) is 0.222. The predicted octanol–water partition coefficient (Wildman–Crippen LogP) is 4.30. The molecule has 2 aromatic heterocycles. The van der Waals surface area contributed by atoms with Crippen LogP contribution >= 0.6 is 22.9 Å². The first-order chi connectivity index (χ1) is 11.8. The Bertz CT molecular complexity index is 1000. The van der Waals surface area contributed by atoms with Crippen LogP contribution < -0.4 is 4.74 Å². The predicted molar refractivity (Wildman–Crippen MR) is 98.4 cm³/mol. The van der Waals surface area contributed by atoms with Crippen LogP contribution in [0.3, 0.4) is 0 Å². The molecule has 0 saturated heterocycles. The van der Waals surface area contributed by atoms with Gasteiger partial charge in [0.2, 0.25) is 0 Å². The summed E-state index contributed by atoms with van der Waals surface area (Å²) in [5.74, 6) is -0.726. The molecule has 1 aromatic carbocycles. The normalized spacial score (nSPS) is 11.0. The van der Waals surface area contributed by atoms with E-state index in [0.717, 1.165) is 4.88 Å². The Morgan fingerprint density at radius 3 is 2.56 bits per heavy atom. The summed E-state index contributed by atoms with van der Waals surface area (Å²) in [4.78, 5) is 25.3. The number of aryl methyl sites for hydroxylation is 1. The molecule has 0 radical (unpaired) electrons. The number of nitrogens with zero attached hydrogens (tertiary/aromatic N) is 1.